The Morgan fingerprint density at radius 1 is 1.03 bits per heavy atom. The van der Waals surface area contributed by atoms with E-state index in [-0.39, 0.29) is 24.1 Å². The number of anilines is 1. The maximum atomic E-state index is 12.4. The first-order chi connectivity index (χ1) is 14.3. The van der Waals surface area contributed by atoms with Crippen LogP contribution in [0.5, 0.6) is 0 Å². The number of nitrogens with zero attached hydrogens (tertiary/aromatic N) is 3. The van der Waals surface area contributed by atoms with E-state index in [1.165, 1.54) is 11.8 Å². The molecule has 0 aliphatic carbocycles. The van der Waals surface area contributed by atoms with Crippen LogP contribution in [0.1, 0.15) is 32.9 Å². The normalized spacial score (nSPS) is 10.7. The number of carbonyl (C=O) groups is 2. The van der Waals surface area contributed by atoms with Crippen molar-refractivity contribution in [2.75, 3.05) is 11.1 Å². The zero-order valence-electron chi connectivity index (χ0n) is 17.5. The standard InChI is InChI=1S/C22H25N5O2S/c1-14-9-10-18(16(3)11-14)24-20(28)13-30-22-26-25-19(27(22)4)12-23-21(29)17-8-6-5-7-15(17)2/h5-11H,12-13H2,1-4H3,(H,23,29)(H,24,28). The minimum atomic E-state index is -0.154. The van der Waals surface area contributed by atoms with Crippen molar-refractivity contribution in [2.45, 2.75) is 32.5 Å². The SMILES string of the molecule is Cc1ccc(NC(=O)CSc2nnc(CNC(=O)c3ccccc3C)n2C)c(C)c1. The van der Waals surface area contributed by atoms with E-state index < -0.39 is 0 Å². The lowest BCUT2D eigenvalue weighted by molar-refractivity contribution is -0.113. The molecule has 1 aromatic heterocycles. The average Bonchev–Trinajstić information content (AvgIpc) is 3.06. The zero-order valence-corrected chi connectivity index (χ0v) is 18.3. The van der Waals surface area contributed by atoms with E-state index in [1.807, 2.05) is 64.2 Å². The molecule has 1 heterocycles. The second kappa shape index (κ2) is 9.58. The van der Waals surface area contributed by atoms with E-state index in [1.54, 1.807) is 10.6 Å². The lowest BCUT2D eigenvalue weighted by Crippen LogP contribution is -2.25. The second-order valence-electron chi connectivity index (χ2n) is 7.11. The molecule has 0 fully saturated rings. The van der Waals surface area contributed by atoms with Gasteiger partial charge in [0.1, 0.15) is 0 Å². The van der Waals surface area contributed by atoms with Crippen LogP contribution in [0.2, 0.25) is 0 Å². The first-order valence-corrected chi connectivity index (χ1v) is 10.6. The molecule has 2 aromatic carbocycles. The van der Waals surface area contributed by atoms with Crippen molar-refractivity contribution < 1.29 is 9.59 Å². The summed E-state index contributed by atoms with van der Waals surface area (Å²) in [4.78, 5) is 24.7. The average molecular weight is 424 g/mol. The molecule has 0 aliphatic heterocycles. The number of hydrogen-bond donors (Lipinski definition) is 2. The maximum absolute atomic E-state index is 12.4. The smallest absolute Gasteiger partial charge is 0.251 e. The molecule has 156 valence electrons. The van der Waals surface area contributed by atoms with Crippen molar-refractivity contribution in [1.29, 1.82) is 0 Å². The summed E-state index contributed by atoms with van der Waals surface area (Å²) in [6.45, 7) is 6.14. The fourth-order valence-electron chi connectivity index (χ4n) is 2.98. The predicted octanol–water partition coefficient (Wildman–Crippen LogP) is 3.40. The van der Waals surface area contributed by atoms with Gasteiger partial charge in [0, 0.05) is 18.3 Å². The third-order valence-electron chi connectivity index (χ3n) is 4.71. The van der Waals surface area contributed by atoms with E-state index in [0.717, 1.165) is 22.4 Å². The minimum absolute atomic E-state index is 0.107. The monoisotopic (exact) mass is 423 g/mol. The van der Waals surface area contributed by atoms with Crippen molar-refractivity contribution in [3.63, 3.8) is 0 Å². The van der Waals surface area contributed by atoms with E-state index in [0.29, 0.717) is 16.5 Å². The molecule has 8 heteroatoms. The number of rotatable bonds is 7. The highest BCUT2D eigenvalue weighted by molar-refractivity contribution is 7.99. The Morgan fingerprint density at radius 3 is 2.53 bits per heavy atom. The van der Waals surface area contributed by atoms with Crippen LogP contribution in [0.15, 0.2) is 47.6 Å². The van der Waals surface area contributed by atoms with Gasteiger partial charge in [0.2, 0.25) is 5.91 Å². The highest BCUT2D eigenvalue weighted by Gasteiger charge is 2.14. The summed E-state index contributed by atoms with van der Waals surface area (Å²) in [6, 6.07) is 13.3. The molecular formula is C22H25N5O2S. The lowest BCUT2D eigenvalue weighted by Gasteiger charge is -2.09. The summed E-state index contributed by atoms with van der Waals surface area (Å²) >= 11 is 1.30. The van der Waals surface area contributed by atoms with Gasteiger partial charge in [-0.3, -0.25) is 9.59 Å². The number of aryl methyl sites for hydroxylation is 3. The van der Waals surface area contributed by atoms with Crippen LogP contribution in [0.3, 0.4) is 0 Å². The number of benzene rings is 2. The molecule has 0 saturated carbocycles. The largest absolute Gasteiger partial charge is 0.345 e. The molecule has 0 spiro atoms. The summed E-state index contributed by atoms with van der Waals surface area (Å²) in [7, 11) is 1.82. The third-order valence-corrected chi connectivity index (χ3v) is 5.73. The first kappa shape index (κ1) is 21.6. The molecule has 30 heavy (non-hydrogen) atoms. The van der Waals surface area contributed by atoms with E-state index in [2.05, 4.69) is 20.8 Å². The Bertz CT molecular complexity index is 1080. The van der Waals surface area contributed by atoms with Crippen molar-refractivity contribution in [2.24, 2.45) is 7.05 Å². The fourth-order valence-corrected chi connectivity index (χ4v) is 3.71. The maximum Gasteiger partial charge on any atom is 0.251 e. The Hall–Kier alpha value is -3.13. The van der Waals surface area contributed by atoms with Gasteiger partial charge < -0.3 is 15.2 Å². The summed E-state index contributed by atoms with van der Waals surface area (Å²) in [6.07, 6.45) is 0. The van der Waals surface area contributed by atoms with Crippen LogP contribution in [0, 0.1) is 20.8 Å². The van der Waals surface area contributed by atoms with Crippen LogP contribution in [-0.4, -0.2) is 32.3 Å². The van der Waals surface area contributed by atoms with Crippen LogP contribution < -0.4 is 10.6 Å². The molecule has 0 aliphatic rings. The Kier molecular flexibility index (Phi) is 6.89. The highest BCUT2D eigenvalue weighted by atomic mass is 32.2. The van der Waals surface area contributed by atoms with Gasteiger partial charge in [-0.1, -0.05) is 47.7 Å². The lowest BCUT2D eigenvalue weighted by atomic mass is 10.1. The number of carbonyl (C=O) groups excluding carboxylic acids is 2. The van der Waals surface area contributed by atoms with Gasteiger partial charge in [-0.25, -0.2) is 0 Å². The molecule has 2 N–H and O–H groups in total. The summed E-state index contributed by atoms with van der Waals surface area (Å²) in [5.41, 5.74) is 4.54. The molecule has 0 atom stereocenters. The summed E-state index contributed by atoms with van der Waals surface area (Å²) in [5, 5.41) is 14.7. The van der Waals surface area contributed by atoms with Crippen LogP contribution >= 0.6 is 11.8 Å². The van der Waals surface area contributed by atoms with Crippen LogP contribution in [0.25, 0.3) is 0 Å². The van der Waals surface area contributed by atoms with E-state index in [9.17, 15) is 9.59 Å². The van der Waals surface area contributed by atoms with Gasteiger partial charge >= 0.3 is 0 Å². The molecular weight excluding hydrogens is 398 g/mol. The van der Waals surface area contributed by atoms with Crippen molar-refractivity contribution in [3.8, 4) is 0 Å². The molecule has 0 bridgehead atoms. The molecule has 0 saturated heterocycles. The van der Waals surface area contributed by atoms with Gasteiger partial charge in [0.25, 0.3) is 5.91 Å². The van der Waals surface area contributed by atoms with Crippen LogP contribution in [-0.2, 0) is 18.4 Å². The molecule has 0 radical (unpaired) electrons. The van der Waals surface area contributed by atoms with Gasteiger partial charge in [0.15, 0.2) is 11.0 Å². The third kappa shape index (κ3) is 5.27. The number of amides is 2. The van der Waals surface area contributed by atoms with Gasteiger partial charge in [-0.15, -0.1) is 10.2 Å². The van der Waals surface area contributed by atoms with Gasteiger partial charge in [-0.2, -0.15) is 0 Å². The van der Waals surface area contributed by atoms with E-state index in [4.69, 9.17) is 0 Å². The summed E-state index contributed by atoms with van der Waals surface area (Å²) in [5.74, 6) is 0.575. The van der Waals surface area contributed by atoms with Gasteiger partial charge in [0.05, 0.1) is 12.3 Å². The molecule has 3 aromatic rings. The Labute approximate surface area is 180 Å². The quantitative estimate of drug-likeness (QED) is 0.569. The Balaban J connectivity index is 1.54. The van der Waals surface area contributed by atoms with Gasteiger partial charge in [-0.05, 0) is 44.0 Å². The van der Waals surface area contributed by atoms with Crippen molar-refractivity contribution >= 4 is 29.3 Å². The first-order valence-electron chi connectivity index (χ1n) is 9.57. The summed E-state index contributed by atoms with van der Waals surface area (Å²) < 4.78 is 1.78. The molecule has 2 amide bonds. The van der Waals surface area contributed by atoms with Crippen molar-refractivity contribution in [1.82, 2.24) is 20.1 Å². The van der Waals surface area contributed by atoms with Crippen LogP contribution in [0.4, 0.5) is 5.69 Å². The zero-order chi connectivity index (χ0) is 21.7. The number of thioether (sulfide) groups is 1. The highest BCUT2D eigenvalue weighted by Crippen LogP contribution is 2.19. The minimum Gasteiger partial charge on any atom is -0.345 e. The molecule has 0 unspecified atom stereocenters. The topological polar surface area (TPSA) is 88.9 Å². The second-order valence-corrected chi connectivity index (χ2v) is 8.05. The molecule has 3 rings (SSSR count). The predicted molar refractivity (Wildman–Crippen MR) is 119 cm³/mol. The fraction of sp³-hybridized carbons (Fsp3) is 0.273. The number of hydrogen-bond acceptors (Lipinski definition) is 5. The number of aromatic nitrogens is 3. The van der Waals surface area contributed by atoms with Crippen molar-refractivity contribution in [3.05, 3.63) is 70.5 Å². The Morgan fingerprint density at radius 2 is 1.80 bits per heavy atom. The molecule has 7 nitrogen and oxygen atoms in total. The number of nitrogens with one attached hydrogen (secondary N) is 2. The van der Waals surface area contributed by atoms with E-state index >= 15 is 0 Å².